The summed E-state index contributed by atoms with van der Waals surface area (Å²) in [5.41, 5.74) is 0.0449. The molecule has 1 aromatic carbocycles. The van der Waals surface area contributed by atoms with Crippen molar-refractivity contribution < 1.29 is 8.78 Å². The van der Waals surface area contributed by atoms with Crippen molar-refractivity contribution >= 4 is 5.96 Å². The lowest BCUT2D eigenvalue weighted by Gasteiger charge is -2.28. The fraction of sp³-hybridized carbons (Fsp3) is 0.526. The zero-order valence-electron chi connectivity index (χ0n) is 16.7. The summed E-state index contributed by atoms with van der Waals surface area (Å²) in [5.74, 6) is 1.08. The Kier molecular flexibility index (Phi) is 6.23. The van der Waals surface area contributed by atoms with Crippen LogP contribution in [-0.2, 0) is 6.54 Å². The molecule has 7 nitrogen and oxygen atoms in total. The van der Waals surface area contributed by atoms with Gasteiger partial charge in [-0.1, -0.05) is 6.07 Å². The number of hydrogen-bond donors (Lipinski definition) is 2. The van der Waals surface area contributed by atoms with Crippen molar-refractivity contribution in [2.75, 3.05) is 27.7 Å². The molecular weight excluding hydrogens is 364 g/mol. The standard InChI is InChI=1S/C19H27F2N7/c1-12-24-18-15(9-6-10-28(18)26-12)25-19(22-2)23-11-16(27(3)4)17-13(20)7-5-8-14(17)21/h5,7-8,15-16H,6,9-11H2,1-4H3,(H2,22,23,25). The Balaban J connectivity index is 1.71. The van der Waals surface area contributed by atoms with Crippen molar-refractivity contribution in [1.29, 1.82) is 0 Å². The van der Waals surface area contributed by atoms with Gasteiger partial charge in [-0.15, -0.1) is 0 Å². The average Bonchev–Trinajstić information content (AvgIpc) is 3.03. The van der Waals surface area contributed by atoms with E-state index < -0.39 is 17.7 Å². The highest BCUT2D eigenvalue weighted by Gasteiger charge is 2.26. The van der Waals surface area contributed by atoms with Gasteiger partial charge in [-0.05, 0) is 46.0 Å². The molecule has 2 atom stereocenters. The largest absolute Gasteiger partial charge is 0.354 e. The number of nitrogens with one attached hydrogen (secondary N) is 2. The first-order valence-corrected chi connectivity index (χ1v) is 9.39. The van der Waals surface area contributed by atoms with E-state index in [9.17, 15) is 8.78 Å². The van der Waals surface area contributed by atoms with Crippen molar-refractivity contribution in [3.05, 3.63) is 47.0 Å². The molecule has 2 N–H and O–H groups in total. The molecule has 0 aliphatic carbocycles. The Hall–Kier alpha value is -2.55. The van der Waals surface area contributed by atoms with Crippen LogP contribution < -0.4 is 10.6 Å². The van der Waals surface area contributed by atoms with Crippen LogP contribution in [-0.4, -0.2) is 53.3 Å². The first-order valence-electron chi connectivity index (χ1n) is 9.39. The lowest BCUT2D eigenvalue weighted by Crippen LogP contribution is -2.44. The summed E-state index contributed by atoms with van der Waals surface area (Å²) in [7, 11) is 5.25. The zero-order valence-corrected chi connectivity index (χ0v) is 16.7. The summed E-state index contributed by atoms with van der Waals surface area (Å²) in [5, 5.41) is 11.0. The van der Waals surface area contributed by atoms with Crippen LogP contribution in [0, 0.1) is 18.6 Å². The lowest BCUT2D eigenvalue weighted by molar-refractivity contribution is 0.282. The Labute approximate surface area is 163 Å². The van der Waals surface area contributed by atoms with Gasteiger partial charge in [-0.25, -0.2) is 18.4 Å². The number of rotatable bonds is 5. The Morgan fingerprint density at radius 2 is 2.07 bits per heavy atom. The topological polar surface area (TPSA) is 70.4 Å². The summed E-state index contributed by atoms with van der Waals surface area (Å²) in [6.45, 7) is 3.03. The molecule has 0 spiro atoms. The zero-order chi connectivity index (χ0) is 20.3. The van der Waals surface area contributed by atoms with E-state index in [0.29, 0.717) is 12.5 Å². The number of benzene rings is 1. The number of likely N-dealkylation sites (N-methyl/N-ethyl adjacent to an activating group) is 1. The van der Waals surface area contributed by atoms with Crippen molar-refractivity contribution in [1.82, 2.24) is 30.3 Å². The van der Waals surface area contributed by atoms with Gasteiger partial charge in [0.2, 0.25) is 0 Å². The molecule has 9 heteroatoms. The summed E-state index contributed by atoms with van der Waals surface area (Å²) >= 11 is 0. The molecule has 0 bridgehead atoms. The van der Waals surface area contributed by atoms with Gasteiger partial charge >= 0.3 is 0 Å². The summed E-state index contributed by atoms with van der Waals surface area (Å²) in [4.78, 5) is 10.6. The second kappa shape index (κ2) is 8.64. The highest BCUT2D eigenvalue weighted by atomic mass is 19.1. The van der Waals surface area contributed by atoms with Crippen molar-refractivity contribution in [3.8, 4) is 0 Å². The van der Waals surface area contributed by atoms with E-state index in [2.05, 4.69) is 25.7 Å². The number of guanidine groups is 1. The maximum atomic E-state index is 14.2. The second-order valence-corrected chi connectivity index (χ2v) is 7.15. The van der Waals surface area contributed by atoms with Crippen LogP contribution in [0.15, 0.2) is 23.2 Å². The van der Waals surface area contributed by atoms with E-state index in [1.54, 1.807) is 26.0 Å². The summed E-state index contributed by atoms with van der Waals surface area (Å²) in [6, 6.07) is 3.43. The smallest absolute Gasteiger partial charge is 0.191 e. The van der Waals surface area contributed by atoms with Gasteiger partial charge < -0.3 is 15.5 Å². The minimum Gasteiger partial charge on any atom is -0.354 e. The maximum absolute atomic E-state index is 14.2. The molecule has 0 saturated heterocycles. The fourth-order valence-corrected chi connectivity index (χ4v) is 3.53. The number of halogens is 2. The third-order valence-electron chi connectivity index (χ3n) is 4.93. The van der Waals surface area contributed by atoms with E-state index in [-0.39, 0.29) is 11.6 Å². The molecule has 1 aromatic heterocycles. The van der Waals surface area contributed by atoms with Gasteiger partial charge in [0.1, 0.15) is 23.3 Å². The lowest BCUT2D eigenvalue weighted by atomic mass is 10.0. The quantitative estimate of drug-likeness (QED) is 0.604. The molecule has 0 amide bonds. The van der Waals surface area contributed by atoms with Crippen LogP contribution in [0.1, 0.15) is 42.1 Å². The summed E-state index contributed by atoms with van der Waals surface area (Å²) < 4.78 is 30.4. The number of fused-ring (bicyclic) bond motifs is 1. The molecule has 3 rings (SSSR count). The number of hydrogen-bond acceptors (Lipinski definition) is 4. The van der Waals surface area contributed by atoms with E-state index in [0.717, 1.165) is 31.0 Å². The van der Waals surface area contributed by atoms with Crippen LogP contribution in [0.5, 0.6) is 0 Å². The number of nitrogens with zero attached hydrogens (tertiary/aromatic N) is 5. The second-order valence-electron chi connectivity index (χ2n) is 7.15. The number of aryl methyl sites for hydroxylation is 2. The van der Waals surface area contributed by atoms with Crippen LogP contribution >= 0.6 is 0 Å². The van der Waals surface area contributed by atoms with Crippen LogP contribution in [0.3, 0.4) is 0 Å². The van der Waals surface area contributed by atoms with Gasteiger partial charge in [0.15, 0.2) is 5.96 Å². The monoisotopic (exact) mass is 391 g/mol. The van der Waals surface area contributed by atoms with E-state index >= 15 is 0 Å². The third kappa shape index (κ3) is 4.30. The molecule has 2 unspecified atom stereocenters. The Morgan fingerprint density at radius 1 is 1.36 bits per heavy atom. The molecule has 0 fully saturated rings. The molecule has 28 heavy (non-hydrogen) atoms. The molecule has 152 valence electrons. The predicted molar refractivity (Wildman–Crippen MR) is 104 cm³/mol. The van der Waals surface area contributed by atoms with E-state index in [1.807, 2.05) is 11.6 Å². The Morgan fingerprint density at radius 3 is 2.71 bits per heavy atom. The molecular formula is C19H27F2N7. The fourth-order valence-electron chi connectivity index (χ4n) is 3.53. The SMILES string of the molecule is CN=C(NCC(c1c(F)cccc1F)N(C)C)NC1CCCn2nc(C)nc21. The van der Waals surface area contributed by atoms with Crippen molar-refractivity contribution in [2.45, 2.75) is 38.4 Å². The molecule has 1 aliphatic heterocycles. The number of aliphatic imine (C=N–C) groups is 1. The van der Waals surface area contributed by atoms with E-state index in [4.69, 9.17) is 0 Å². The molecule has 2 heterocycles. The average molecular weight is 391 g/mol. The normalized spacial score (nSPS) is 18.1. The van der Waals surface area contributed by atoms with Crippen LogP contribution in [0.4, 0.5) is 8.78 Å². The summed E-state index contributed by atoms with van der Waals surface area (Å²) in [6.07, 6.45) is 1.91. The Bertz CT molecular complexity index is 827. The molecule has 0 saturated carbocycles. The van der Waals surface area contributed by atoms with Crippen LogP contribution in [0.25, 0.3) is 0 Å². The van der Waals surface area contributed by atoms with Gasteiger partial charge in [-0.2, -0.15) is 5.10 Å². The number of aromatic nitrogens is 3. The van der Waals surface area contributed by atoms with Gasteiger partial charge in [0.05, 0.1) is 12.1 Å². The molecule has 2 aromatic rings. The first-order chi connectivity index (χ1) is 13.4. The predicted octanol–water partition coefficient (Wildman–Crippen LogP) is 2.17. The minimum atomic E-state index is -0.556. The highest BCUT2D eigenvalue weighted by molar-refractivity contribution is 5.80. The van der Waals surface area contributed by atoms with Crippen molar-refractivity contribution in [2.24, 2.45) is 4.99 Å². The minimum absolute atomic E-state index is 0.0100. The third-order valence-corrected chi connectivity index (χ3v) is 4.93. The highest BCUT2D eigenvalue weighted by Crippen LogP contribution is 2.25. The molecule has 0 radical (unpaired) electrons. The van der Waals surface area contributed by atoms with Gasteiger partial charge in [0, 0.05) is 25.7 Å². The maximum Gasteiger partial charge on any atom is 0.191 e. The van der Waals surface area contributed by atoms with E-state index in [1.165, 1.54) is 18.2 Å². The van der Waals surface area contributed by atoms with Gasteiger partial charge in [0.25, 0.3) is 0 Å². The molecule has 1 aliphatic rings. The van der Waals surface area contributed by atoms with Gasteiger partial charge in [-0.3, -0.25) is 4.99 Å². The van der Waals surface area contributed by atoms with Crippen molar-refractivity contribution in [3.63, 3.8) is 0 Å². The van der Waals surface area contributed by atoms with Crippen LogP contribution in [0.2, 0.25) is 0 Å². The first kappa shape index (κ1) is 20.2.